The average Bonchev–Trinajstić information content (AvgIpc) is 2.90. The average molecular weight is 541 g/mol. The van der Waals surface area contributed by atoms with Gasteiger partial charge in [0.15, 0.2) is 11.6 Å². The Kier molecular flexibility index (Phi) is 14.7. The summed E-state index contributed by atoms with van der Waals surface area (Å²) in [6.45, 7) is 2.24. The van der Waals surface area contributed by atoms with Crippen molar-refractivity contribution in [3.63, 3.8) is 0 Å². The van der Waals surface area contributed by atoms with Crippen molar-refractivity contribution in [2.24, 2.45) is 5.92 Å². The highest BCUT2D eigenvalue weighted by Crippen LogP contribution is 2.40. The highest BCUT2D eigenvalue weighted by molar-refractivity contribution is 7.99. The molecule has 0 amide bonds. The number of carboxylic acids is 1. The second-order valence-electron chi connectivity index (χ2n) is 9.81. The third-order valence-corrected chi connectivity index (χ3v) is 7.81. The minimum absolute atomic E-state index is 0.00918. The molecule has 0 aliphatic heterocycles. The van der Waals surface area contributed by atoms with Gasteiger partial charge in [-0.05, 0) is 61.3 Å². The summed E-state index contributed by atoms with van der Waals surface area (Å²) in [5.74, 6) is -4.98. The molecule has 1 aliphatic carbocycles. The summed E-state index contributed by atoms with van der Waals surface area (Å²) in [5.41, 5.74) is 0.694. The van der Waals surface area contributed by atoms with Crippen LogP contribution in [0.15, 0.2) is 47.4 Å². The second kappa shape index (κ2) is 17.5. The van der Waals surface area contributed by atoms with Crippen molar-refractivity contribution in [2.45, 2.75) is 107 Å². The number of rotatable bonds is 13. The number of aromatic carboxylic acids is 1. The lowest BCUT2D eigenvalue weighted by molar-refractivity contribution is 0.0697. The summed E-state index contributed by atoms with van der Waals surface area (Å²) in [6, 6.07) is 11.1. The Morgan fingerprint density at radius 2 is 1.46 bits per heavy atom. The van der Waals surface area contributed by atoms with Crippen LogP contribution >= 0.6 is 11.8 Å². The van der Waals surface area contributed by atoms with Gasteiger partial charge in [0.25, 0.3) is 5.76 Å². The lowest BCUT2D eigenvalue weighted by Crippen LogP contribution is -2.15. The Morgan fingerprint density at radius 1 is 0.865 bits per heavy atom. The number of hydrogen-bond donors (Lipinski definition) is 1. The normalized spacial score (nSPS) is 17.4. The number of carbonyl (C=O) groups is 1. The topological polar surface area (TPSA) is 37.3 Å². The molecule has 7 heteroatoms. The van der Waals surface area contributed by atoms with Crippen LogP contribution in [-0.4, -0.2) is 16.8 Å². The van der Waals surface area contributed by atoms with Crippen molar-refractivity contribution in [1.82, 2.24) is 0 Å². The molecule has 37 heavy (non-hydrogen) atoms. The van der Waals surface area contributed by atoms with Gasteiger partial charge in [0, 0.05) is 0 Å². The summed E-state index contributed by atoms with van der Waals surface area (Å²) in [4.78, 5) is 9.90. The second-order valence-corrected chi connectivity index (χ2v) is 10.8. The molecule has 2 nitrogen and oxygen atoms in total. The van der Waals surface area contributed by atoms with Crippen molar-refractivity contribution < 1.29 is 27.5 Å². The van der Waals surface area contributed by atoms with E-state index in [2.05, 4.69) is 6.92 Å². The van der Waals surface area contributed by atoms with Crippen LogP contribution in [0.3, 0.4) is 0 Å². The van der Waals surface area contributed by atoms with Crippen LogP contribution in [0, 0.1) is 17.6 Å². The molecular weight excluding hydrogens is 500 g/mol. The van der Waals surface area contributed by atoms with E-state index in [-0.39, 0.29) is 22.6 Å². The highest BCUT2D eigenvalue weighted by atomic mass is 32.2. The van der Waals surface area contributed by atoms with Crippen molar-refractivity contribution in [3.8, 4) is 0 Å². The molecular formula is C30H40F4O2S. The van der Waals surface area contributed by atoms with E-state index in [0.29, 0.717) is 17.0 Å². The predicted molar refractivity (Wildman–Crippen MR) is 144 cm³/mol. The van der Waals surface area contributed by atoms with Gasteiger partial charge in [-0.2, -0.15) is 8.78 Å². The van der Waals surface area contributed by atoms with Gasteiger partial charge < -0.3 is 5.11 Å². The third kappa shape index (κ3) is 11.5. The molecule has 0 bridgehead atoms. The number of unbranched alkanes of at least 4 members (excludes halogenated alkanes) is 7. The maximum absolute atomic E-state index is 14.4. The number of halogens is 4. The zero-order valence-corrected chi connectivity index (χ0v) is 22.6. The first kappa shape index (κ1) is 31.2. The van der Waals surface area contributed by atoms with Crippen LogP contribution < -0.4 is 0 Å². The summed E-state index contributed by atoms with van der Waals surface area (Å²) < 4.78 is 53.3. The molecule has 1 N–H and O–H groups in total. The van der Waals surface area contributed by atoms with Gasteiger partial charge in [-0.25, -0.2) is 13.6 Å². The molecule has 0 unspecified atom stereocenters. The van der Waals surface area contributed by atoms with E-state index in [1.807, 2.05) is 0 Å². The Morgan fingerprint density at radius 3 is 2.00 bits per heavy atom. The predicted octanol–water partition coefficient (Wildman–Crippen LogP) is 10.5. The van der Waals surface area contributed by atoms with Gasteiger partial charge in [0.05, 0.1) is 10.5 Å². The fraction of sp³-hybridized carbons (Fsp3) is 0.567. The monoisotopic (exact) mass is 540 g/mol. The third-order valence-electron chi connectivity index (χ3n) is 7.07. The van der Waals surface area contributed by atoms with Crippen LogP contribution in [0.4, 0.5) is 17.6 Å². The van der Waals surface area contributed by atoms with E-state index in [4.69, 9.17) is 5.11 Å². The molecule has 0 atom stereocenters. The quantitative estimate of drug-likeness (QED) is 0.156. The van der Waals surface area contributed by atoms with Crippen molar-refractivity contribution >= 4 is 17.7 Å². The molecule has 0 aromatic heterocycles. The summed E-state index contributed by atoms with van der Waals surface area (Å²) in [6.07, 6.45) is 15.7. The fourth-order valence-electron chi connectivity index (χ4n) is 4.96. The van der Waals surface area contributed by atoms with Crippen LogP contribution in [0.25, 0.3) is 0 Å². The number of alkyl halides is 2. The lowest BCUT2D eigenvalue weighted by atomic mass is 9.77. The molecule has 2 aromatic rings. The number of benzene rings is 2. The van der Waals surface area contributed by atoms with Crippen LogP contribution in [0.2, 0.25) is 0 Å². The van der Waals surface area contributed by atoms with Gasteiger partial charge in [-0.15, -0.1) is 0 Å². The molecule has 1 fully saturated rings. The van der Waals surface area contributed by atoms with Crippen molar-refractivity contribution in [1.29, 1.82) is 0 Å². The van der Waals surface area contributed by atoms with Crippen molar-refractivity contribution in [3.05, 3.63) is 65.2 Å². The zero-order chi connectivity index (χ0) is 27.0. The standard InChI is InChI=1S/C23H34F4S.C7H6O2/c1-2-3-4-5-6-7-8-9-10-17-11-13-18(14-12-17)19-15-16-20(28-23(26)27)22(25)21(19)24;8-7(9)6-4-2-1-3-5-6/h15-18,23H,2-14H2,1H3;1-5H,(H,8,9). The molecule has 3 rings (SSSR count). The first-order chi connectivity index (χ1) is 17.8. The van der Waals surface area contributed by atoms with Crippen molar-refractivity contribution in [2.75, 3.05) is 0 Å². The Bertz CT molecular complexity index is 915. The van der Waals surface area contributed by atoms with E-state index in [1.165, 1.54) is 69.9 Å². The first-order valence-corrected chi connectivity index (χ1v) is 14.4. The van der Waals surface area contributed by atoms with Crippen LogP contribution in [0.5, 0.6) is 0 Å². The number of carboxylic acid groups (broad SMARTS) is 1. The van der Waals surface area contributed by atoms with E-state index in [0.717, 1.165) is 25.7 Å². The van der Waals surface area contributed by atoms with Crippen LogP contribution in [-0.2, 0) is 0 Å². The lowest BCUT2D eigenvalue weighted by Gasteiger charge is -2.29. The van der Waals surface area contributed by atoms with Gasteiger partial charge >= 0.3 is 5.97 Å². The largest absolute Gasteiger partial charge is 0.478 e. The Balaban J connectivity index is 0.000000449. The van der Waals surface area contributed by atoms with E-state index < -0.39 is 23.4 Å². The Hall–Kier alpha value is -2.02. The molecule has 1 saturated carbocycles. The minimum atomic E-state index is -2.74. The molecule has 0 radical (unpaired) electrons. The molecule has 1 aliphatic rings. The van der Waals surface area contributed by atoms with Gasteiger partial charge in [-0.3, -0.25) is 0 Å². The van der Waals surface area contributed by atoms with E-state index in [1.54, 1.807) is 30.3 Å². The Labute approximate surface area is 223 Å². The van der Waals surface area contributed by atoms with E-state index >= 15 is 0 Å². The first-order valence-electron chi connectivity index (χ1n) is 13.5. The van der Waals surface area contributed by atoms with Crippen LogP contribution in [0.1, 0.15) is 112 Å². The maximum Gasteiger partial charge on any atom is 0.335 e. The molecule has 0 spiro atoms. The highest BCUT2D eigenvalue weighted by Gasteiger charge is 2.26. The summed E-state index contributed by atoms with van der Waals surface area (Å²) in [5, 5.41) is 8.38. The summed E-state index contributed by atoms with van der Waals surface area (Å²) >= 11 is 0.0649. The fourth-order valence-corrected chi connectivity index (χ4v) is 5.49. The number of thioether (sulfide) groups is 1. The molecule has 0 heterocycles. The smallest absolute Gasteiger partial charge is 0.335 e. The van der Waals surface area contributed by atoms with Gasteiger partial charge in [0.1, 0.15) is 0 Å². The molecule has 2 aromatic carbocycles. The van der Waals surface area contributed by atoms with Gasteiger partial charge in [-0.1, -0.05) is 101 Å². The summed E-state index contributed by atoms with van der Waals surface area (Å²) in [7, 11) is 0. The number of hydrogen-bond acceptors (Lipinski definition) is 2. The molecule has 0 saturated heterocycles. The maximum atomic E-state index is 14.4. The van der Waals surface area contributed by atoms with Gasteiger partial charge in [0.2, 0.25) is 0 Å². The minimum Gasteiger partial charge on any atom is -0.478 e. The SMILES string of the molecule is CCCCCCCCCCC1CCC(c2ccc(SC(F)F)c(F)c2F)CC1.O=C(O)c1ccccc1. The zero-order valence-electron chi connectivity index (χ0n) is 21.7. The molecule has 206 valence electrons. The van der Waals surface area contributed by atoms with E-state index in [9.17, 15) is 22.4 Å².